The van der Waals surface area contributed by atoms with Gasteiger partial charge in [-0.15, -0.1) is 24.0 Å². The molecule has 3 aromatic rings. The van der Waals surface area contributed by atoms with Crippen LogP contribution in [0.25, 0.3) is 11.4 Å². The normalized spacial score (nSPS) is 10.9. The Labute approximate surface area is 199 Å². The lowest BCUT2D eigenvalue weighted by Gasteiger charge is -2.11. The summed E-state index contributed by atoms with van der Waals surface area (Å²) in [5.41, 5.74) is 3.11. The van der Waals surface area contributed by atoms with Gasteiger partial charge in [-0.3, -0.25) is 5.10 Å². The van der Waals surface area contributed by atoms with Gasteiger partial charge in [0.15, 0.2) is 11.8 Å². The minimum absolute atomic E-state index is 0. The molecule has 0 atom stereocenters. The second-order valence-electron chi connectivity index (χ2n) is 6.70. The molecule has 3 N–H and O–H groups in total. The van der Waals surface area contributed by atoms with Gasteiger partial charge in [0, 0.05) is 17.7 Å². The van der Waals surface area contributed by atoms with Crippen LogP contribution in [0.4, 0.5) is 0 Å². The van der Waals surface area contributed by atoms with Crippen molar-refractivity contribution in [3.05, 3.63) is 59.4 Å². The third-order valence-electron chi connectivity index (χ3n) is 4.50. The zero-order valence-electron chi connectivity index (χ0n) is 18.2. The highest BCUT2D eigenvalue weighted by atomic mass is 127. The van der Waals surface area contributed by atoms with Crippen LogP contribution in [0.15, 0.2) is 47.5 Å². The van der Waals surface area contributed by atoms with Crippen LogP contribution >= 0.6 is 24.0 Å². The molecule has 166 valence electrons. The Kier molecular flexibility index (Phi) is 9.57. The third kappa shape index (κ3) is 6.84. The number of benzene rings is 2. The molecule has 1 heterocycles. The summed E-state index contributed by atoms with van der Waals surface area (Å²) in [7, 11) is 3.32. The summed E-state index contributed by atoms with van der Waals surface area (Å²) in [6.45, 7) is 5.80. The van der Waals surface area contributed by atoms with Gasteiger partial charge in [0.25, 0.3) is 0 Å². The van der Waals surface area contributed by atoms with Gasteiger partial charge in [0.1, 0.15) is 17.3 Å². The number of nitrogens with zero attached hydrogens (tertiary/aromatic N) is 3. The summed E-state index contributed by atoms with van der Waals surface area (Å²) in [6, 6.07) is 13.7. The minimum atomic E-state index is 0. The molecule has 0 saturated heterocycles. The second-order valence-corrected chi connectivity index (χ2v) is 6.70. The first-order chi connectivity index (χ1) is 14.6. The molecule has 0 amide bonds. The van der Waals surface area contributed by atoms with Crippen LogP contribution in [-0.4, -0.2) is 41.9 Å². The fourth-order valence-electron chi connectivity index (χ4n) is 2.90. The lowest BCUT2D eigenvalue weighted by Crippen LogP contribution is -2.37. The molecule has 9 heteroatoms. The highest BCUT2D eigenvalue weighted by molar-refractivity contribution is 14.0. The van der Waals surface area contributed by atoms with E-state index < -0.39 is 0 Å². The van der Waals surface area contributed by atoms with Crippen LogP contribution in [0.2, 0.25) is 0 Å². The van der Waals surface area contributed by atoms with E-state index in [-0.39, 0.29) is 24.0 Å². The molecular weight excluding hydrogens is 507 g/mol. The van der Waals surface area contributed by atoms with Crippen molar-refractivity contribution < 1.29 is 9.47 Å². The number of aromatic amines is 1. The largest absolute Gasteiger partial charge is 0.497 e. The monoisotopic (exact) mass is 536 g/mol. The van der Waals surface area contributed by atoms with Crippen molar-refractivity contribution in [1.82, 2.24) is 25.8 Å². The Balaban J connectivity index is 0.00000341. The average Bonchev–Trinajstić information content (AvgIpc) is 3.25. The Morgan fingerprint density at radius 2 is 1.84 bits per heavy atom. The van der Waals surface area contributed by atoms with Crippen molar-refractivity contribution in [2.75, 3.05) is 20.8 Å². The number of ether oxygens (including phenoxy) is 2. The molecule has 31 heavy (non-hydrogen) atoms. The molecule has 0 aliphatic rings. The summed E-state index contributed by atoms with van der Waals surface area (Å²) in [6.07, 6.45) is 0. The maximum Gasteiger partial charge on any atom is 0.191 e. The molecule has 3 rings (SSSR count). The van der Waals surface area contributed by atoms with Crippen molar-refractivity contribution in [2.45, 2.75) is 26.9 Å². The van der Waals surface area contributed by atoms with E-state index >= 15 is 0 Å². The molecule has 0 unspecified atom stereocenters. The SMILES string of the molecule is CCNC(=NCc1ccc(C)cc1OC)NCc1nc(-c2ccc(OC)cc2)n[nH]1.I. The molecule has 0 saturated carbocycles. The van der Waals surface area contributed by atoms with Gasteiger partial charge in [-0.1, -0.05) is 12.1 Å². The number of rotatable bonds is 8. The molecule has 2 aromatic carbocycles. The van der Waals surface area contributed by atoms with E-state index in [0.29, 0.717) is 24.9 Å². The topological polar surface area (TPSA) is 96.5 Å². The first-order valence-electron chi connectivity index (χ1n) is 9.84. The summed E-state index contributed by atoms with van der Waals surface area (Å²) in [5, 5.41) is 13.8. The Morgan fingerprint density at radius 1 is 1.06 bits per heavy atom. The van der Waals surface area contributed by atoms with Gasteiger partial charge in [-0.2, -0.15) is 5.10 Å². The number of nitrogens with one attached hydrogen (secondary N) is 3. The standard InChI is InChI=1S/C22H28N6O2.HI/c1-5-23-22(24-13-17-7-6-15(2)12-19(17)30-4)25-14-20-26-21(28-27-20)16-8-10-18(29-3)11-9-16;/h6-12H,5,13-14H2,1-4H3,(H2,23,24,25)(H,26,27,28);1H. The number of aromatic nitrogens is 3. The molecule has 0 aliphatic carbocycles. The van der Waals surface area contributed by atoms with Gasteiger partial charge >= 0.3 is 0 Å². The Hall–Kier alpha value is -2.82. The maximum absolute atomic E-state index is 5.47. The fraction of sp³-hybridized carbons (Fsp3) is 0.318. The van der Waals surface area contributed by atoms with Crippen LogP contribution in [0.3, 0.4) is 0 Å². The smallest absolute Gasteiger partial charge is 0.191 e. The predicted molar refractivity (Wildman–Crippen MR) is 133 cm³/mol. The number of methoxy groups -OCH3 is 2. The molecule has 8 nitrogen and oxygen atoms in total. The highest BCUT2D eigenvalue weighted by Crippen LogP contribution is 2.21. The highest BCUT2D eigenvalue weighted by Gasteiger charge is 2.08. The zero-order chi connectivity index (χ0) is 21.3. The number of guanidine groups is 1. The van der Waals surface area contributed by atoms with E-state index in [1.807, 2.05) is 50.2 Å². The van der Waals surface area contributed by atoms with Crippen molar-refractivity contribution >= 4 is 29.9 Å². The first kappa shape index (κ1) is 24.4. The van der Waals surface area contributed by atoms with Crippen molar-refractivity contribution in [1.29, 1.82) is 0 Å². The number of aryl methyl sites for hydroxylation is 1. The fourth-order valence-corrected chi connectivity index (χ4v) is 2.90. The average molecular weight is 536 g/mol. The van der Waals surface area contributed by atoms with Gasteiger partial charge in [0.05, 0.1) is 27.3 Å². The van der Waals surface area contributed by atoms with Crippen molar-refractivity contribution in [2.24, 2.45) is 4.99 Å². The van der Waals surface area contributed by atoms with E-state index in [1.54, 1.807) is 14.2 Å². The quantitative estimate of drug-likeness (QED) is 0.231. The molecule has 0 spiro atoms. The lowest BCUT2D eigenvalue weighted by molar-refractivity contribution is 0.409. The van der Waals surface area contributed by atoms with Crippen molar-refractivity contribution in [3.8, 4) is 22.9 Å². The first-order valence-corrected chi connectivity index (χ1v) is 9.84. The van der Waals surface area contributed by atoms with Crippen LogP contribution in [0.1, 0.15) is 23.9 Å². The molecule has 0 radical (unpaired) electrons. The zero-order valence-corrected chi connectivity index (χ0v) is 20.6. The number of hydrogen-bond donors (Lipinski definition) is 3. The van der Waals surface area contributed by atoms with Gasteiger partial charge in [-0.05, 0) is 49.7 Å². The van der Waals surface area contributed by atoms with Crippen LogP contribution < -0.4 is 20.1 Å². The summed E-state index contributed by atoms with van der Waals surface area (Å²) >= 11 is 0. The molecular formula is C22H29IN6O2. The van der Waals surface area contributed by atoms with Gasteiger partial charge < -0.3 is 20.1 Å². The maximum atomic E-state index is 5.47. The van der Waals surface area contributed by atoms with E-state index in [1.165, 1.54) is 0 Å². The Morgan fingerprint density at radius 3 is 2.52 bits per heavy atom. The predicted octanol–water partition coefficient (Wildman–Crippen LogP) is 3.67. The summed E-state index contributed by atoms with van der Waals surface area (Å²) < 4.78 is 10.7. The molecule has 0 fully saturated rings. The van der Waals surface area contributed by atoms with E-state index in [9.17, 15) is 0 Å². The number of aliphatic imine (C=N–C) groups is 1. The Bertz CT molecular complexity index is 988. The van der Waals surface area contributed by atoms with E-state index in [0.717, 1.165) is 40.6 Å². The molecule has 1 aromatic heterocycles. The lowest BCUT2D eigenvalue weighted by atomic mass is 10.1. The third-order valence-corrected chi connectivity index (χ3v) is 4.50. The molecule has 0 bridgehead atoms. The number of halogens is 1. The van der Waals surface area contributed by atoms with Crippen LogP contribution in [-0.2, 0) is 13.1 Å². The van der Waals surface area contributed by atoms with Gasteiger partial charge in [-0.25, -0.2) is 9.98 Å². The molecule has 0 aliphatic heterocycles. The summed E-state index contributed by atoms with van der Waals surface area (Å²) in [5.74, 6) is 3.70. The van der Waals surface area contributed by atoms with E-state index in [4.69, 9.17) is 9.47 Å². The summed E-state index contributed by atoms with van der Waals surface area (Å²) in [4.78, 5) is 9.21. The van der Waals surface area contributed by atoms with Crippen molar-refractivity contribution in [3.63, 3.8) is 0 Å². The second kappa shape index (κ2) is 12.1. The minimum Gasteiger partial charge on any atom is -0.497 e. The number of H-pyrrole nitrogens is 1. The number of hydrogen-bond acceptors (Lipinski definition) is 5. The van der Waals surface area contributed by atoms with Crippen LogP contribution in [0.5, 0.6) is 11.5 Å². The van der Waals surface area contributed by atoms with Crippen LogP contribution in [0, 0.1) is 6.92 Å². The van der Waals surface area contributed by atoms with Gasteiger partial charge in [0.2, 0.25) is 0 Å². The van der Waals surface area contributed by atoms with E-state index in [2.05, 4.69) is 36.9 Å².